The number of morpholine rings is 1. The summed E-state index contributed by atoms with van der Waals surface area (Å²) in [5, 5.41) is 8.87. The van der Waals surface area contributed by atoms with Crippen LogP contribution in [0.1, 0.15) is 49.9 Å². The van der Waals surface area contributed by atoms with Crippen LogP contribution in [-0.4, -0.2) is 102 Å². The van der Waals surface area contributed by atoms with E-state index in [9.17, 15) is 4.79 Å². The molecule has 236 valence electrons. The van der Waals surface area contributed by atoms with Crippen molar-refractivity contribution in [3.8, 4) is 17.3 Å². The summed E-state index contributed by atoms with van der Waals surface area (Å²) < 4.78 is 10.9. The lowest BCUT2D eigenvalue weighted by Crippen LogP contribution is -2.41. The Kier molecular flexibility index (Phi) is 11.7. The molecule has 1 amide bonds. The number of ether oxygens (including phenoxy) is 2. The van der Waals surface area contributed by atoms with Crippen LogP contribution in [0.3, 0.4) is 0 Å². The maximum atomic E-state index is 11.7. The average Bonchev–Trinajstić information content (AvgIpc) is 3.64. The van der Waals surface area contributed by atoms with E-state index in [0.717, 1.165) is 42.9 Å². The Hall–Kier alpha value is -4.43. The molecule has 1 saturated carbocycles. The number of nitrogens with zero attached hydrogens (tertiary/aromatic N) is 9. The Morgan fingerprint density at radius 1 is 1.11 bits per heavy atom. The zero-order chi connectivity index (χ0) is 31.5. The molecule has 44 heavy (non-hydrogen) atoms. The Morgan fingerprint density at radius 3 is 2.41 bits per heavy atom. The standard InChI is InChI=1S/C28H36N10O4.C2H6/c1-29-23-25(37-12-14-42-15-13-37)33-24(19-8-9-22(41-3)30-16-19)34-26(23)38(21-6-4-5-7-21)11-10-36(2)28-31-17-20(18-32-28)27(39)35-40;1-2/h8-9,16-18,21,40H,1,4-7,10-15H2,2-3H3,(H,35,39);1-2H3. The lowest BCUT2D eigenvalue weighted by Gasteiger charge is -2.35. The fraction of sp³-hybridized carbons (Fsp3) is 0.500. The van der Waals surface area contributed by atoms with Gasteiger partial charge in [0.2, 0.25) is 11.8 Å². The number of hydrogen-bond acceptors (Lipinski definition) is 13. The predicted octanol–water partition coefficient (Wildman–Crippen LogP) is 3.54. The van der Waals surface area contributed by atoms with Gasteiger partial charge in [0, 0.05) is 69.5 Å². The third-order valence-corrected chi connectivity index (χ3v) is 7.58. The number of aromatic nitrogens is 5. The summed E-state index contributed by atoms with van der Waals surface area (Å²) in [5.41, 5.74) is 3.18. The zero-order valence-corrected chi connectivity index (χ0v) is 25.9. The monoisotopic (exact) mass is 606 g/mol. The second kappa shape index (κ2) is 15.9. The van der Waals surface area contributed by atoms with Gasteiger partial charge in [-0.2, -0.15) is 0 Å². The van der Waals surface area contributed by atoms with E-state index >= 15 is 0 Å². The van der Waals surface area contributed by atoms with Crippen molar-refractivity contribution >= 4 is 35.9 Å². The maximum Gasteiger partial charge on any atom is 0.277 e. The summed E-state index contributed by atoms with van der Waals surface area (Å²) in [4.78, 5) is 45.6. The number of pyridine rings is 1. The highest BCUT2D eigenvalue weighted by Crippen LogP contribution is 2.40. The molecular formula is C30H42N10O4. The highest BCUT2D eigenvalue weighted by atomic mass is 16.5. The molecule has 2 N–H and O–H groups in total. The lowest BCUT2D eigenvalue weighted by molar-refractivity contribution is 0.0705. The van der Waals surface area contributed by atoms with Crippen molar-refractivity contribution in [3.63, 3.8) is 0 Å². The fourth-order valence-electron chi connectivity index (χ4n) is 5.27. The van der Waals surface area contributed by atoms with Crippen molar-refractivity contribution in [2.24, 2.45) is 4.99 Å². The molecule has 1 saturated heterocycles. The van der Waals surface area contributed by atoms with Crippen molar-refractivity contribution in [1.29, 1.82) is 0 Å². The molecule has 2 fully saturated rings. The number of amides is 1. The van der Waals surface area contributed by atoms with Gasteiger partial charge in [-0.3, -0.25) is 15.0 Å². The van der Waals surface area contributed by atoms with E-state index in [1.54, 1.807) is 24.9 Å². The first-order valence-electron chi connectivity index (χ1n) is 15.0. The van der Waals surface area contributed by atoms with Crippen molar-refractivity contribution in [2.75, 3.05) is 68.2 Å². The van der Waals surface area contributed by atoms with Gasteiger partial charge in [-0.25, -0.2) is 30.4 Å². The first-order chi connectivity index (χ1) is 21.5. The summed E-state index contributed by atoms with van der Waals surface area (Å²) in [7, 11) is 3.48. The van der Waals surface area contributed by atoms with Crippen LogP contribution in [0.5, 0.6) is 5.88 Å². The Bertz CT molecular complexity index is 1360. The molecule has 0 unspecified atom stereocenters. The first kappa shape index (κ1) is 32.5. The molecule has 0 atom stereocenters. The molecule has 0 bridgehead atoms. The molecule has 1 aliphatic carbocycles. The van der Waals surface area contributed by atoms with Crippen LogP contribution in [0, 0.1) is 0 Å². The van der Waals surface area contributed by atoms with Gasteiger partial charge in [0.15, 0.2) is 17.5 Å². The van der Waals surface area contributed by atoms with E-state index in [0.29, 0.717) is 62.7 Å². The van der Waals surface area contributed by atoms with Gasteiger partial charge in [-0.1, -0.05) is 26.7 Å². The van der Waals surface area contributed by atoms with E-state index in [1.165, 1.54) is 12.4 Å². The minimum atomic E-state index is -0.663. The normalized spacial score (nSPS) is 14.8. The van der Waals surface area contributed by atoms with Gasteiger partial charge in [0.25, 0.3) is 5.91 Å². The topological polar surface area (TPSA) is 154 Å². The van der Waals surface area contributed by atoms with Crippen LogP contribution in [0.15, 0.2) is 35.7 Å². The van der Waals surface area contributed by atoms with Gasteiger partial charge in [0.1, 0.15) is 5.69 Å². The summed E-state index contributed by atoms with van der Waals surface area (Å²) in [6, 6.07) is 3.97. The Morgan fingerprint density at radius 2 is 1.82 bits per heavy atom. The predicted molar refractivity (Wildman–Crippen MR) is 170 cm³/mol. The summed E-state index contributed by atoms with van der Waals surface area (Å²) >= 11 is 0. The van der Waals surface area contributed by atoms with Crippen LogP contribution >= 0.6 is 0 Å². The van der Waals surface area contributed by atoms with Crippen molar-refractivity contribution < 1.29 is 19.5 Å². The van der Waals surface area contributed by atoms with E-state index in [4.69, 9.17) is 24.6 Å². The van der Waals surface area contributed by atoms with Crippen LogP contribution in [0.25, 0.3) is 11.4 Å². The number of carbonyl (C=O) groups is 1. The number of rotatable bonds is 11. The second-order valence-electron chi connectivity index (χ2n) is 10.2. The highest BCUT2D eigenvalue weighted by Gasteiger charge is 2.30. The SMILES string of the molecule is C=Nc1c(N2CCOCC2)nc(-c2ccc(OC)nc2)nc1N(CCN(C)c1ncc(C(=O)NO)cn1)C1CCCC1.CC. The highest BCUT2D eigenvalue weighted by molar-refractivity contribution is 5.92. The minimum Gasteiger partial charge on any atom is -0.481 e. The fourth-order valence-corrected chi connectivity index (χ4v) is 5.27. The molecule has 14 heteroatoms. The number of hydroxylamine groups is 1. The van der Waals surface area contributed by atoms with E-state index < -0.39 is 5.91 Å². The molecule has 4 heterocycles. The largest absolute Gasteiger partial charge is 0.481 e. The molecule has 3 aromatic heterocycles. The molecule has 5 rings (SSSR count). The lowest BCUT2D eigenvalue weighted by atomic mass is 10.2. The maximum absolute atomic E-state index is 11.7. The molecular weight excluding hydrogens is 564 g/mol. The van der Waals surface area contributed by atoms with Crippen LogP contribution < -0.4 is 24.9 Å². The molecule has 0 spiro atoms. The van der Waals surface area contributed by atoms with Crippen LogP contribution in [0.4, 0.5) is 23.3 Å². The first-order valence-corrected chi connectivity index (χ1v) is 15.0. The molecule has 0 aromatic carbocycles. The summed E-state index contributed by atoms with van der Waals surface area (Å²) in [5.74, 6) is 2.31. The third kappa shape index (κ3) is 7.55. The van der Waals surface area contributed by atoms with E-state index in [1.807, 2.05) is 31.9 Å². The van der Waals surface area contributed by atoms with Gasteiger partial charge < -0.3 is 24.2 Å². The van der Waals surface area contributed by atoms with Gasteiger partial charge in [-0.05, 0) is 25.6 Å². The smallest absolute Gasteiger partial charge is 0.277 e. The number of nitrogens with one attached hydrogen (secondary N) is 1. The molecule has 1 aliphatic heterocycles. The van der Waals surface area contributed by atoms with E-state index in [2.05, 4.69) is 36.5 Å². The van der Waals surface area contributed by atoms with Gasteiger partial charge in [-0.15, -0.1) is 0 Å². The number of aliphatic imine (C=N–C) groups is 1. The quantitative estimate of drug-likeness (QED) is 0.186. The number of likely N-dealkylation sites (N-methyl/N-ethyl adjacent to an activating group) is 1. The second-order valence-corrected chi connectivity index (χ2v) is 10.2. The molecule has 2 aliphatic rings. The molecule has 14 nitrogen and oxygen atoms in total. The third-order valence-electron chi connectivity index (χ3n) is 7.58. The molecule has 3 aromatic rings. The van der Waals surface area contributed by atoms with Crippen molar-refractivity contribution in [1.82, 2.24) is 30.4 Å². The average molecular weight is 607 g/mol. The molecule has 0 radical (unpaired) electrons. The Labute approximate surface area is 258 Å². The van der Waals surface area contributed by atoms with Crippen molar-refractivity contribution in [2.45, 2.75) is 45.6 Å². The Balaban J connectivity index is 0.00000216. The van der Waals surface area contributed by atoms with Gasteiger partial charge >= 0.3 is 0 Å². The van der Waals surface area contributed by atoms with E-state index in [-0.39, 0.29) is 11.6 Å². The zero-order valence-electron chi connectivity index (χ0n) is 25.9. The van der Waals surface area contributed by atoms with Crippen LogP contribution in [0.2, 0.25) is 0 Å². The minimum absolute atomic E-state index is 0.168. The van der Waals surface area contributed by atoms with Crippen molar-refractivity contribution in [3.05, 3.63) is 36.3 Å². The number of hydrogen-bond donors (Lipinski definition) is 2. The summed E-state index contributed by atoms with van der Waals surface area (Å²) in [6.07, 6.45) is 8.84. The summed E-state index contributed by atoms with van der Waals surface area (Å²) in [6.45, 7) is 11.7. The van der Waals surface area contributed by atoms with Crippen LogP contribution in [-0.2, 0) is 4.74 Å². The number of anilines is 3. The van der Waals surface area contributed by atoms with Gasteiger partial charge in [0.05, 0.1) is 25.9 Å². The number of methoxy groups -OCH3 is 1. The number of carbonyl (C=O) groups excluding carboxylic acids is 1.